The summed E-state index contributed by atoms with van der Waals surface area (Å²) in [6.07, 6.45) is 6.07. The van der Waals surface area contributed by atoms with Gasteiger partial charge in [0.25, 0.3) is 0 Å². The molecule has 1 aromatic rings. The highest BCUT2D eigenvalue weighted by Gasteiger charge is 2.13. The number of phenolic OH excluding ortho intramolecular Hbond substituents is 1. The number of phenols is 1. The number of Topliss-reactive ketones (excluding diaryl/α,β-unsaturated/α-hetero) is 1. The molecule has 0 aromatic heterocycles. The van der Waals surface area contributed by atoms with Gasteiger partial charge in [-0.3, -0.25) is 4.79 Å². The zero-order valence-electron chi connectivity index (χ0n) is 13.9. The third-order valence-corrected chi connectivity index (χ3v) is 3.85. The van der Waals surface area contributed by atoms with E-state index < -0.39 is 0 Å². The number of ketones is 1. The molecule has 0 fully saturated rings. The Labute approximate surface area is 133 Å². The molecule has 0 aliphatic heterocycles. The van der Waals surface area contributed by atoms with Gasteiger partial charge in [0.2, 0.25) is 0 Å². The Bertz CT molecular complexity index is 456. The van der Waals surface area contributed by atoms with Crippen LogP contribution in [0.2, 0.25) is 0 Å². The van der Waals surface area contributed by atoms with Crippen molar-refractivity contribution in [1.82, 2.24) is 0 Å². The summed E-state index contributed by atoms with van der Waals surface area (Å²) in [5.41, 5.74) is 0.989. The van der Waals surface area contributed by atoms with Crippen LogP contribution in [-0.2, 0) is 16.0 Å². The maximum atomic E-state index is 12.1. The summed E-state index contributed by atoms with van der Waals surface area (Å²) >= 11 is 0. The van der Waals surface area contributed by atoms with Crippen LogP contribution in [0, 0.1) is 0 Å². The van der Waals surface area contributed by atoms with Crippen LogP contribution in [0.25, 0.3) is 0 Å². The van der Waals surface area contributed by atoms with Gasteiger partial charge in [-0.15, -0.1) is 0 Å². The van der Waals surface area contributed by atoms with Crippen molar-refractivity contribution in [2.75, 3.05) is 14.2 Å². The molecule has 0 spiro atoms. The minimum Gasteiger partial charge on any atom is -0.504 e. The van der Waals surface area contributed by atoms with Crippen LogP contribution >= 0.6 is 0 Å². The first kappa shape index (κ1) is 18.5. The Morgan fingerprint density at radius 1 is 1.27 bits per heavy atom. The lowest BCUT2D eigenvalue weighted by molar-refractivity contribution is -0.121. The molecule has 0 saturated heterocycles. The van der Waals surface area contributed by atoms with E-state index in [1.807, 2.05) is 6.07 Å². The molecule has 1 rings (SSSR count). The average molecular weight is 308 g/mol. The number of carbonyl (C=O) groups excluding carboxylic acids is 1. The summed E-state index contributed by atoms with van der Waals surface area (Å²) in [5.74, 6) is 0.780. The molecular formula is C18H28O4. The summed E-state index contributed by atoms with van der Waals surface area (Å²) < 4.78 is 10.5. The lowest BCUT2D eigenvalue weighted by atomic mass is 10.0. The summed E-state index contributed by atoms with van der Waals surface area (Å²) in [4.78, 5) is 12.1. The highest BCUT2D eigenvalue weighted by molar-refractivity contribution is 5.79. The number of hydrogen-bond acceptors (Lipinski definition) is 4. The Kier molecular flexibility index (Phi) is 8.60. The second kappa shape index (κ2) is 10.2. The zero-order valence-corrected chi connectivity index (χ0v) is 13.9. The molecule has 22 heavy (non-hydrogen) atoms. The molecule has 0 saturated carbocycles. The second-order valence-corrected chi connectivity index (χ2v) is 5.60. The zero-order chi connectivity index (χ0) is 16.4. The first-order valence-corrected chi connectivity index (χ1v) is 8.01. The molecule has 124 valence electrons. The Hall–Kier alpha value is -1.55. The van der Waals surface area contributed by atoms with Gasteiger partial charge in [0.05, 0.1) is 13.2 Å². The van der Waals surface area contributed by atoms with Crippen molar-refractivity contribution in [3.8, 4) is 11.5 Å². The highest BCUT2D eigenvalue weighted by atomic mass is 16.5. The average Bonchev–Trinajstić information content (AvgIpc) is 2.53. The molecule has 1 aromatic carbocycles. The molecular weight excluding hydrogens is 280 g/mol. The van der Waals surface area contributed by atoms with Gasteiger partial charge in [0.15, 0.2) is 11.5 Å². The molecule has 1 N–H and O–H groups in total. The van der Waals surface area contributed by atoms with Gasteiger partial charge in [-0.05, 0) is 30.5 Å². The standard InChI is InChI=1S/C18H28O4/c1-4-5-6-7-16(21-2)13-15(19)10-8-14-9-11-17(20)18(12-14)22-3/h9,11-12,16,20H,4-8,10,13H2,1-3H3/t16-/m0/s1. The van der Waals surface area contributed by atoms with Gasteiger partial charge in [0, 0.05) is 20.0 Å². The number of benzene rings is 1. The number of ether oxygens (including phenoxy) is 2. The molecule has 0 aliphatic rings. The van der Waals surface area contributed by atoms with E-state index in [4.69, 9.17) is 9.47 Å². The van der Waals surface area contributed by atoms with E-state index in [1.54, 1.807) is 19.2 Å². The Balaban J connectivity index is 2.41. The quantitative estimate of drug-likeness (QED) is 0.630. The van der Waals surface area contributed by atoms with E-state index in [-0.39, 0.29) is 17.6 Å². The van der Waals surface area contributed by atoms with Crippen molar-refractivity contribution in [3.63, 3.8) is 0 Å². The SMILES string of the molecule is CCCCC[C@@H](CC(=O)CCc1ccc(O)c(OC)c1)OC. The Morgan fingerprint density at radius 3 is 2.68 bits per heavy atom. The first-order chi connectivity index (χ1) is 10.6. The van der Waals surface area contributed by atoms with Gasteiger partial charge in [0.1, 0.15) is 5.78 Å². The normalized spacial score (nSPS) is 12.1. The fourth-order valence-electron chi connectivity index (χ4n) is 2.44. The van der Waals surface area contributed by atoms with Crippen molar-refractivity contribution >= 4 is 5.78 Å². The fraction of sp³-hybridized carbons (Fsp3) is 0.611. The summed E-state index contributed by atoms with van der Waals surface area (Å²) in [6.45, 7) is 2.17. The van der Waals surface area contributed by atoms with Crippen LogP contribution in [0.5, 0.6) is 11.5 Å². The fourth-order valence-corrected chi connectivity index (χ4v) is 2.44. The van der Waals surface area contributed by atoms with Crippen molar-refractivity contribution in [1.29, 1.82) is 0 Å². The maximum absolute atomic E-state index is 12.1. The van der Waals surface area contributed by atoms with Crippen LogP contribution in [0.4, 0.5) is 0 Å². The number of methoxy groups -OCH3 is 2. The molecule has 0 bridgehead atoms. The van der Waals surface area contributed by atoms with Gasteiger partial charge in [-0.1, -0.05) is 32.3 Å². The number of unbranched alkanes of at least 4 members (excludes halogenated alkanes) is 2. The van der Waals surface area contributed by atoms with Crippen LogP contribution in [0.15, 0.2) is 18.2 Å². The first-order valence-electron chi connectivity index (χ1n) is 8.01. The van der Waals surface area contributed by atoms with Crippen molar-refractivity contribution in [2.45, 2.75) is 58.0 Å². The molecule has 0 amide bonds. The van der Waals surface area contributed by atoms with Gasteiger partial charge in [-0.2, -0.15) is 0 Å². The lowest BCUT2D eigenvalue weighted by Crippen LogP contribution is -2.16. The Morgan fingerprint density at radius 2 is 2.05 bits per heavy atom. The predicted molar refractivity (Wildman–Crippen MR) is 87.5 cm³/mol. The van der Waals surface area contributed by atoms with Crippen molar-refractivity contribution < 1.29 is 19.4 Å². The number of carbonyl (C=O) groups is 1. The van der Waals surface area contributed by atoms with Crippen molar-refractivity contribution in [3.05, 3.63) is 23.8 Å². The highest BCUT2D eigenvalue weighted by Crippen LogP contribution is 2.26. The summed E-state index contributed by atoms with van der Waals surface area (Å²) in [5, 5.41) is 9.56. The lowest BCUT2D eigenvalue weighted by Gasteiger charge is -2.14. The van der Waals surface area contributed by atoms with E-state index in [0.29, 0.717) is 25.0 Å². The molecule has 0 aliphatic carbocycles. The van der Waals surface area contributed by atoms with Crippen LogP contribution in [0.3, 0.4) is 0 Å². The molecule has 0 radical (unpaired) electrons. The van der Waals surface area contributed by atoms with Gasteiger partial charge >= 0.3 is 0 Å². The second-order valence-electron chi connectivity index (χ2n) is 5.60. The number of aromatic hydroxyl groups is 1. The minimum atomic E-state index is 0.0356. The topological polar surface area (TPSA) is 55.8 Å². The molecule has 1 atom stereocenters. The third-order valence-electron chi connectivity index (χ3n) is 3.85. The van der Waals surface area contributed by atoms with E-state index >= 15 is 0 Å². The maximum Gasteiger partial charge on any atom is 0.160 e. The molecule has 4 nitrogen and oxygen atoms in total. The minimum absolute atomic E-state index is 0.0356. The largest absolute Gasteiger partial charge is 0.504 e. The van der Waals surface area contributed by atoms with E-state index in [0.717, 1.165) is 18.4 Å². The predicted octanol–water partition coefficient (Wildman–Crippen LogP) is 3.89. The smallest absolute Gasteiger partial charge is 0.160 e. The van der Waals surface area contributed by atoms with Gasteiger partial charge in [-0.25, -0.2) is 0 Å². The monoisotopic (exact) mass is 308 g/mol. The summed E-state index contributed by atoms with van der Waals surface area (Å²) in [6, 6.07) is 5.19. The van der Waals surface area contributed by atoms with Crippen LogP contribution in [0.1, 0.15) is 51.0 Å². The molecule has 0 unspecified atom stereocenters. The van der Waals surface area contributed by atoms with Crippen LogP contribution < -0.4 is 4.74 Å². The number of aryl methyl sites for hydroxylation is 1. The van der Waals surface area contributed by atoms with Gasteiger partial charge < -0.3 is 14.6 Å². The third kappa shape index (κ3) is 6.48. The van der Waals surface area contributed by atoms with Crippen molar-refractivity contribution in [2.24, 2.45) is 0 Å². The van der Waals surface area contributed by atoms with Crippen LogP contribution in [-0.4, -0.2) is 31.2 Å². The number of rotatable bonds is 11. The summed E-state index contributed by atoms with van der Waals surface area (Å²) in [7, 11) is 3.19. The molecule has 0 heterocycles. The van der Waals surface area contributed by atoms with E-state index in [1.165, 1.54) is 20.0 Å². The molecule has 4 heteroatoms. The van der Waals surface area contributed by atoms with E-state index in [9.17, 15) is 9.90 Å². The number of hydrogen-bond donors (Lipinski definition) is 1. The van der Waals surface area contributed by atoms with E-state index in [2.05, 4.69) is 6.92 Å².